The first-order valence-corrected chi connectivity index (χ1v) is 12.3. The Kier molecular flexibility index (Phi) is 11.2. The quantitative estimate of drug-likeness (QED) is 0.112. The van der Waals surface area contributed by atoms with E-state index in [1.165, 1.54) is 0 Å². The summed E-state index contributed by atoms with van der Waals surface area (Å²) < 4.78 is 5.66. The van der Waals surface area contributed by atoms with Gasteiger partial charge in [0.25, 0.3) is 0 Å². The van der Waals surface area contributed by atoms with Crippen molar-refractivity contribution in [2.24, 2.45) is 15.0 Å². The number of aliphatic imine (C=N–C) groups is 3. The zero-order chi connectivity index (χ0) is 21.6. The molecule has 30 heavy (non-hydrogen) atoms. The van der Waals surface area contributed by atoms with Crippen molar-refractivity contribution in [1.29, 1.82) is 5.26 Å². The van der Waals surface area contributed by atoms with Crippen LogP contribution >= 0.6 is 44.2 Å². The van der Waals surface area contributed by atoms with E-state index in [1.807, 2.05) is 66.1 Å². The van der Waals surface area contributed by atoms with E-state index in [9.17, 15) is 0 Å². The number of benzene rings is 2. The minimum absolute atomic E-state index is 0.194. The predicted molar refractivity (Wildman–Crippen MR) is 124 cm³/mol. The summed E-state index contributed by atoms with van der Waals surface area (Å²) in [5.41, 5.74) is 2.29. The zero-order valence-electron chi connectivity index (χ0n) is 15.1. The van der Waals surface area contributed by atoms with E-state index in [0.717, 1.165) is 33.7 Å². The van der Waals surface area contributed by atoms with Gasteiger partial charge < -0.3 is 4.42 Å². The third-order valence-electron chi connectivity index (χ3n) is 3.35. The molecular formula is C20H12Cl2FeN4OS2. The number of thioether (sulfide) groups is 1. The number of nitrogens with zero attached hydrogens (tertiary/aromatic N) is 4. The molecule has 10 heteroatoms. The molecule has 0 amide bonds. The van der Waals surface area contributed by atoms with E-state index in [0.29, 0.717) is 11.5 Å². The van der Waals surface area contributed by atoms with E-state index in [4.69, 9.17) is 29.9 Å². The van der Waals surface area contributed by atoms with Crippen molar-refractivity contribution in [3.8, 4) is 5.40 Å². The van der Waals surface area contributed by atoms with Gasteiger partial charge in [-0.3, -0.25) is 9.98 Å². The van der Waals surface area contributed by atoms with Crippen LogP contribution < -0.4 is 0 Å². The molecule has 0 bridgehead atoms. The Morgan fingerprint density at radius 3 is 1.80 bits per heavy atom. The topological polar surface area (TPSA) is 74.0 Å². The van der Waals surface area contributed by atoms with E-state index in [-0.39, 0.29) is 13.1 Å². The van der Waals surface area contributed by atoms with Crippen molar-refractivity contribution < 1.29 is 17.6 Å². The van der Waals surface area contributed by atoms with Gasteiger partial charge in [-0.05, 0) is 84.6 Å². The first-order chi connectivity index (χ1) is 14.7. The van der Waals surface area contributed by atoms with Crippen LogP contribution in [0.1, 0.15) is 11.5 Å². The number of rotatable bonds is 6. The van der Waals surface area contributed by atoms with Gasteiger partial charge in [0, 0.05) is 4.90 Å². The van der Waals surface area contributed by atoms with Crippen LogP contribution in [0.2, 0.25) is 0 Å². The summed E-state index contributed by atoms with van der Waals surface area (Å²) in [6, 6.07) is 18.3. The van der Waals surface area contributed by atoms with Gasteiger partial charge >= 0.3 is 33.3 Å². The second-order valence-electron chi connectivity index (χ2n) is 5.21. The van der Waals surface area contributed by atoms with E-state index >= 15 is 0 Å². The zero-order valence-corrected chi connectivity index (χ0v) is 19.3. The number of nitriles is 1. The third kappa shape index (κ3) is 8.66. The molecule has 3 aromatic rings. The molecule has 0 radical (unpaired) electrons. The van der Waals surface area contributed by atoms with E-state index in [1.54, 1.807) is 12.4 Å². The van der Waals surface area contributed by atoms with Crippen LogP contribution in [0.5, 0.6) is 0 Å². The summed E-state index contributed by atoms with van der Waals surface area (Å²) in [5.74, 6) is 1.25. The molecule has 152 valence electrons. The fourth-order valence-electron chi connectivity index (χ4n) is 2.10. The van der Waals surface area contributed by atoms with Crippen molar-refractivity contribution in [3.05, 3.63) is 72.2 Å². The van der Waals surface area contributed by atoms with Crippen LogP contribution in [0.4, 0.5) is 17.1 Å². The summed E-state index contributed by atoms with van der Waals surface area (Å²) in [6.45, 7) is 0. The Morgan fingerprint density at radius 1 is 0.867 bits per heavy atom. The molecule has 0 unspecified atom stereocenters. The number of hydrogen-bond acceptors (Lipinski definition) is 7. The Bertz CT molecular complexity index is 1090. The normalized spacial score (nSPS) is 10.4. The SMILES string of the molecule is N#CSc1ccc(N=Cc2ccc(C=Nc3ccc(N=C=S)cc3)o2)cc1.[Cl][Fe][Cl]. The average molecular weight is 515 g/mol. The third-order valence-corrected chi connectivity index (χ3v) is 4.04. The van der Waals surface area contributed by atoms with Gasteiger partial charge in [0.15, 0.2) is 0 Å². The van der Waals surface area contributed by atoms with Gasteiger partial charge in [-0.15, -0.1) is 0 Å². The molecule has 2 aromatic carbocycles. The molecular weight excluding hydrogens is 503 g/mol. The van der Waals surface area contributed by atoms with Crippen LogP contribution in [0, 0.1) is 10.7 Å². The van der Waals surface area contributed by atoms with Crippen LogP contribution in [0.25, 0.3) is 0 Å². The van der Waals surface area contributed by atoms with Gasteiger partial charge in [0.05, 0.1) is 34.7 Å². The second kappa shape index (κ2) is 13.9. The average Bonchev–Trinajstić information content (AvgIpc) is 3.22. The van der Waals surface area contributed by atoms with Crippen molar-refractivity contribution in [1.82, 2.24) is 0 Å². The molecule has 1 heterocycles. The predicted octanol–water partition coefficient (Wildman–Crippen LogP) is 7.46. The van der Waals surface area contributed by atoms with Gasteiger partial charge in [-0.25, -0.2) is 0 Å². The molecule has 0 fully saturated rings. The molecule has 0 saturated carbocycles. The fraction of sp³-hybridized carbons (Fsp3) is 0. The number of isothiocyanates is 1. The standard InChI is InChI=1S/C20H12N4OS2.2ClH.Fe/c21-13-27-20-9-5-16(6-10-20)23-12-19-8-7-18(25-19)11-22-15-1-3-17(4-2-15)24-14-26;;;/h1-12H;2*1H;/q;;;+2/p-2. The molecule has 0 aliphatic heterocycles. The van der Waals surface area contributed by atoms with Crippen molar-refractivity contribution >= 4 is 78.8 Å². The molecule has 1 aromatic heterocycles. The fourth-order valence-corrected chi connectivity index (χ4v) is 2.59. The van der Waals surface area contributed by atoms with E-state index < -0.39 is 0 Å². The van der Waals surface area contributed by atoms with Gasteiger partial charge in [0.1, 0.15) is 16.9 Å². The molecule has 0 atom stereocenters. The van der Waals surface area contributed by atoms with Crippen molar-refractivity contribution in [3.63, 3.8) is 0 Å². The van der Waals surface area contributed by atoms with Crippen LogP contribution in [-0.4, -0.2) is 17.6 Å². The first-order valence-electron chi connectivity index (χ1n) is 8.05. The van der Waals surface area contributed by atoms with Crippen LogP contribution in [0.15, 0.2) is 85.0 Å². The summed E-state index contributed by atoms with van der Waals surface area (Å²) in [7, 11) is 9.53. The van der Waals surface area contributed by atoms with Crippen LogP contribution in [-0.2, 0) is 13.1 Å². The molecule has 0 aliphatic carbocycles. The Labute approximate surface area is 198 Å². The van der Waals surface area contributed by atoms with Gasteiger partial charge in [-0.1, -0.05) is 0 Å². The molecule has 0 saturated heterocycles. The molecule has 0 spiro atoms. The Morgan fingerprint density at radius 2 is 1.33 bits per heavy atom. The number of furan rings is 1. The van der Waals surface area contributed by atoms with Crippen molar-refractivity contribution in [2.75, 3.05) is 0 Å². The summed E-state index contributed by atoms with van der Waals surface area (Å²) in [5, 5.41) is 13.0. The minimum atomic E-state index is 0.194. The van der Waals surface area contributed by atoms with Gasteiger partial charge in [0.2, 0.25) is 0 Å². The molecule has 3 rings (SSSR count). The summed E-state index contributed by atoms with van der Waals surface area (Å²) in [4.78, 5) is 13.5. The summed E-state index contributed by atoms with van der Waals surface area (Å²) in [6.07, 6.45) is 3.28. The number of hydrogen-bond donors (Lipinski definition) is 0. The number of thiocyanates is 1. The monoisotopic (exact) mass is 514 g/mol. The second-order valence-corrected chi connectivity index (χ2v) is 8.08. The Hall–Kier alpha value is -2.20. The molecule has 5 nitrogen and oxygen atoms in total. The molecule has 0 aliphatic rings. The number of thiocarbonyl (C=S) groups is 1. The van der Waals surface area contributed by atoms with Crippen LogP contribution in [0.3, 0.4) is 0 Å². The number of halogens is 2. The summed E-state index contributed by atoms with van der Waals surface area (Å²) >= 11 is 5.88. The first kappa shape index (κ1) is 24.1. The Balaban J connectivity index is 0.00000101. The van der Waals surface area contributed by atoms with Gasteiger partial charge in [-0.2, -0.15) is 10.3 Å². The van der Waals surface area contributed by atoms with E-state index in [2.05, 4.69) is 32.4 Å². The molecule has 0 N–H and O–H groups in total. The maximum absolute atomic E-state index is 8.64. The maximum atomic E-state index is 8.64. The van der Waals surface area contributed by atoms with Crippen molar-refractivity contribution in [2.45, 2.75) is 4.90 Å².